The molecule has 0 aromatic heterocycles. The Hall–Kier alpha value is -1.25. The molecule has 0 radical (unpaired) electrons. The van der Waals surface area contributed by atoms with Gasteiger partial charge in [-0.05, 0) is 37.8 Å². The van der Waals surface area contributed by atoms with Crippen molar-refractivity contribution in [2.75, 3.05) is 5.73 Å². The van der Waals surface area contributed by atoms with E-state index in [4.69, 9.17) is 10.5 Å². The molecule has 2 rings (SSSR count). The van der Waals surface area contributed by atoms with Crippen LogP contribution in [0.15, 0.2) is 18.2 Å². The van der Waals surface area contributed by atoms with Crippen molar-refractivity contribution in [3.05, 3.63) is 24.0 Å². The Morgan fingerprint density at radius 3 is 2.44 bits per heavy atom. The Labute approximate surface area is 95.6 Å². The van der Waals surface area contributed by atoms with E-state index in [0.29, 0.717) is 5.69 Å². The molecular formula is C13H18FNO. The summed E-state index contributed by atoms with van der Waals surface area (Å²) in [6.45, 7) is 0. The minimum Gasteiger partial charge on any atom is -0.485 e. The van der Waals surface area contributed by atoms with Crippen LogP contribution in [0, 0.1) is 5.82 Å². The van der Waals surface area contributed by atoms with Crippen LogP contribution in [0.3, 0.4) is 0 Å². The van der Waals surface area contributed by atoms with Crippen LogP contribution in [0.4, 0.5) is 10.1 Å². The number of para-hydroxylation sites is 1. The first-order chi connectivity index (χ1) is 7.77. The summed E-state index contributed by atoms with van der Waals surface area (Å²) < 4.78 is 19.2. The number of hydrogen-bond acceptors (Lipinski definition) is 2. The van der Waals surface area contributed by atoms with Crippen molar-refractivity contribution in [2.45, 2.75) is 44.6 Å². The van der Waals surface area contributed by atoms with Crippen molar-refractivity contribution in [1.29, 1.82) is 0 Å². The molecule has 1 fully saturated rings. The number of ether oxygens (including phenoxy) is 1. The summed E-state index contributed by atoms with van der Waals surface area (Å²) in [5.74, 6) is -0.126. The first kappa shape index (κ1) is 11.2. The Balaban J connectivity index is 2.07. The molecule has 0 aliphatic heterocycles. The molecule has 16 heavy (non-hydrogen) atoms. The molecule has 1 aliphatic rings. The van der Waals surface area contributed by atoms with Crippen molar-refractivity contribution in [3.63, 3.8) is 0 Å². The third-order valence-electron chi connectivity index (χ3n) is 3.08. The normalized spacial score (nSPS) is 18.1. The van der Waals surface area contributed by atoms with E-state index in [0.717, 1.165) is 12.8 Å². The van der Waals surface area contributed by atoms with Gasteiger partial charge in [-0.3, -0.25) is 0 Å². The van der Waals surface area contributed by atoms with Crippen LogP contribution >= 0.6 is 0 Å². The number of nitrogen functional groups attached to an aromatic ring is 1. The number of hydrogen-bond donors (Lipinski definition) is 1. The van der Waals surface area contributed by atoms with Crippen molar-refractivity contribution >= 4 is 5.69 Å². The number of anilines is 1. The number of halogens is 1. The third-order valence-corrected chi connectivity index (χ3v) is 3.08. The SMILES string of the molecule is Nc1cccc(F)c1OC1CCCCCC1. The predicted molar refractivity (Wildman–Crippen MR) is 62.9 cm³/mol. The number of benzene rings is 1. The van der Waals surface area contributed by atoms with E-state index >= 15 is 0 Å². The maximum atomic E-state index is 13.5. The van der Waals surface area contributed by atoms with E-state index in [1.807, 2.05) is 0 Å². The summed E-state index contributed by atoms with van der Waals surface area (Å²) in [6, 6.07) is 4.67. The Bertz CT molecular complexity index is 326. The lowest BCUT2D eigenvalue weighted by Gasteiger charge is -2.18. The van der Waals surface area contributed by atoms with Gasteiger partial charge in [0.05, 0.1) is 11.8 Å². The predicted octanol–water partition coefficient (Wildman–Crippen LogP) is 3.51. The summed E-state index contributed by atoms with van der Waals surface area (Å²) in [5.41, 5.74) is 6.11. The average molecular weight is 223 g/mol. The van der Waals surface area contributed by atoms with Crippen LogP contribution in [0.25, 0.3) is 0 Å². The molecule has 1 aromatic carbocycles. The third kappa shape index (κ3) is 2.65. The maximum Gasteiger partial charge on any atom is 0.178 e. The molecule has 1 saturated carbocycles. The largest absolute Gasteiger partial charge is 0.485 e. The first-order valence-electron chi connectivity index (χ1n) is 5.98. The van der Waals surface area contributed by atoms with Crippen LogP contribution in [0.1, 0.15) is 38.5 Å². The minimum atomic E-state index is -0.357. The second-order valence-corrected chi connectivity index (χ2v) is 4.39. The van der Waals surface area contributed by atoms with Gasteiger partial charge < -0.3 is 10.5 Å². The highest BCUT2D eigenvalue weighted by molar-refractivity contribution is 5.52. The lowest BCUT2D eigenvalue weighted by atomic mass is 10.1. The fraction of sp³-hybridized carbons (Fsp3) is 0.538. The molecule has 0 unspecified atom stereocenters. The minimum absolute atomic E-state index is 0.127. The lowest BCUT2D eigenvalue weighted by Crippen LogP contribution is -2.16. The molecule has 0 amide bonds. The quantitative estimate of drug-likeness (QED) is 0.615. The van der Waals surface area contributed by atoms with Crippen LogP contribution in [0.5, 0.6) is 5.75 Å². The van der Waals surface area contributed by atoms with E-state index < -0.39 is 0 Å². The van der Waals surface area contributed by atoms with Crippen molar-refractivity contribution in [2.24, 2.45) is 0 Å². The Morgan fingerprint density at radius 1 is 1.12 bits per heavy atom. The van der Waals surface area contributed by atoms with Crippen molar-refractivity contribution in [1.82, 2.24) is 0 Å². The highest BCUT2D eigenvalue weighted by Gasteiger charge is 2.17. The summed E-state index contributed by atoms with van der Waals surface area (Å²) in [7, 11) is 0. The van der Waals surface area contributed by atoms with Crippen LogP contribution in [-0.4, -0.2) is 6.10 Å². The van der Waals surface area contributed by atoms with Gasteiger partial charge >= 0.3 is 0 Å². The summed E-state index contributed by atoms with van der Waals surface area (Å²) in [5, 5.41) is 0. The van der Waals surface area contributed by atoms with Gasteiger partial charge in [0, 0.05) is 0 Å². The van der Waals surface area contributed by atoms with E-state index in [2.05, 4.69) is 0 Å². The van der Waals surface area contributed by atoms with Gasteiger partial charge in [-0.1, -0.05) is 18.9 Å². The van der Waals surface area contributed by atoms with E-state index in [9.17, 15) is 4.39 Å². The molecule has 0 bridgehead atoms. The fourth-order valence-corrected chi connectivity index (χ4v) is 2.18. The molecular weight excluding hydrogens is 205 g/mol. The standard InChI is InChI=1S/C13H18FNO/c14-11-8-5-9-12(15)13(11)16-10-6-3-1-2-4-7-10/h5,8-10H,1-4,6-7,15H2. The molecule has 0 saturated heterocycles. The van der Waals surface area contributed by atoms with Gasteiger partial charge in [0.15, 0.2) is 11.6 Å². The molecule has 3 heteroatoms. The molecule has 0 atom stereocenters. The topological polar surface area (TPSA) is 35.2 Å². The molecule has 0 heterocycles. The van der Waals surface area contributed by atoms with Crippen LogP contribution in [0.2, 0.25) is 0 Å². The van der Waals surface area contributed by atoms with E-state index in [1.165, 1.54) is 31.7 Å². The zero-order valence-corrected chi connectivity index (χ0v) is 9.42. The zero-order chi connectivity index (χ0) is 11.4. The number of rotatable bonds is 2. The van der Waals surface area contributed by atoms with Crippen LogP contribution < -0.4 is 10.5 Å². The summed E-state index contributed by atoms with van der Waals surface area (Å²) >= 11 is 0. The second-order valence-electron chi connectivity index (χ2n) is 4.39. The molecule has 2 nitrogen and oxygen atoms in total. The fourth-order valence-electron chi connectivity index (χ4n) is 2.18. The highest BCUT2D eigenvalue weighted by Crippen LogP contribution is 2.29. The summed E-state index contributed by atoms with van der Waals surface area (Å²) in [6.07, 6.45) is 6.99. The highest BCUT2D eigenvalue weighted by atomic mass is 19.1. The smallest absolute Gasteiger partial charge is 0.178 e. The second kappa shape index (κ2) is 5.19. The van der Waals surface area contributed by atoms with Gasteiger partial charge in [-0.15, -0.1) is 0 Å². The van der Waals surface area contributed by atoms with Gasteiger partial charge in [0.1, 0.15) is 0 Å². The van der Waals surface area contributed by atoms with Gasteiger partial charge in [-0.2, -0.15) is 0 Å². The average Bonchev–Trinajstić information content (AvgIpc) is 2.52. The molecule has 88 valence electrons. The van der Waals surface area contributed by atoms with Crippen molar-refractivity contribution < 1.29 is 9.13 Å². The van der Waals surface area contributed by atoms with Crippen molar-refractivity contribution in [3.8, 4) is 5.75 Å². The molecule has 0 spiro atoms. The molecule has 1 aliphatic carbocycles. The van der Waals surface area contributed by atoms with Crippen LogP contribution in [-0.2, 0) is 0 Å². The van der Waals surface area contributed by atoms with Gasteiger partial charge in [-0.25, -0.2) is 4.39 Å². The van der Waals surface area contributed by atoms with E-state index in [-0.39, 0.29) is 17.7 Å². The molecule has 1 aromatic rings. The van der Waals surface area contributed by atoms with E-state index in [1.54, 1.807) is 12.1 Å². The lowest BCUT2D eigenvalue weighted by molar-refractivity contribution is 0.177. The number of nitrogens with two attached hydrogens (primary N) is 1. The Kier molecular flexibility index (Phi) is 3.65. The first-order valence-corrected chi connectivity index (χ1v) is 5.98. The zero-order valence-electron chi connectivity index (χ0n) is 9.42. The summed E-state index contributed by atoms with van der Waals surface area (Å²) in [4.78, 5) is 0. The monoisotopic (exact) mass is 223 g/mol. The maximum absolute atomic E-state index is 13.5. The Morgan fingerprint density at radius 2 is 1.81 bits per heavy atom. The van der Waals surface area contributed by atoms with Gasteiger partial charge in [0.25, 0.3) is 0 Å². The van der Waals surface area contributed by atoms with Gasteiger partial charge in [0.2, 0.25) is 0 Å². The molecule has 2 N–H and O–H groups in total.